The molecule has 0 aliphatic heterocycles. The number of rotatable bonds is 2. The summed E-state index contributed by atoms with van der Waals surface area (Å²) < 4.78 is 25.1. The van der Waals surface area contributed by atoms with Crippen LogP contribution in [0.4, 0.5) is 8.78 Å². The Bertz CT molecular complexity index is 273. The Morgan fingerprint density at radius 2 is 2.07 bits per heavy atom. The highest BCUT2D eigenvalue weighted by Gasteiger charge is 2.48. The maximum atomic E-state index is 12.5. The lowest BCUT2D eigenvalue weighted by Gasteiger charge is -2.34. The van der Waals surface area contributed by atoms with Crippen molar-refractivity contribution in [1.82, 2.24) is 0 Å². The Morgan fingerprint density at radius 1 is 1.36 bits per heavy atom. The molecule has 3 heteroatoms. The highest BCUT2D eigenvalue weighted by molar-refractivity contribution is 5.97. The summed E-state index contributed by atoms with van der Waals surface area (Å²) in [5.74, 6) is -2.99. The third-order valence-electron chi connectivity index (χ3n) is 3.07. The Hall–Kier alpha value is -0.730. The number of hydrogen-bond donors (Lipinski definition) is 0. The predicted octanol–water partition coefficient (Wildman–Crippen LogP) is 3.10. The van der Waals surface area contributed by atoms with Gasteiger partial charge in [0, 0.05) is 18.8 Å². The van der Waals surface area contributed by atoms with Crippen LogP contribution in [0.25, 0.3) is 0 Å². The Kier molecular flexibility index (Phi) is 2.41. The van der Waals surface area contributed by atoms with Gasteiger partial charge in [-0.2, -0.15) is 0 Å². The second kappa shape index (κ2) is 3.44. The van der Waals surface area contributed by atoms with Gasteiger partial charge in [0.2, 0.25) is 5.92 Å². The van der Waals surface area contributed by atoms with Gasteiger partial charge in [0.25, 0.3) is 0 Å². The maximum absolute atomic E-state index is 12.5. The maximum Gasteiger partial charge on any atom is 0.249 e. The molecular formula is C11H14F2O. The first-order chi connectivity index (χ1) is 6.58. The van der Waals surface area contributed by atoms with Crippen LogP contribution in [0.15, 0.2) is 11.6 Å². The van der Waals surface area contributed by atoms with E-state index < -0.39 is 11.8 Å². The van der Waals surface area contributed by atoms with Gasteiger partial charge < -0.3 is 0 Å². The molecule has 2 aliphatic carbocycles. The summed E-state index contributed by atoms with van der Waals surface area (Å²) in [4.78, 5) is 11.7. The minimum absolute atomic E-state index is 0.0179. The van der Waals surface area contributed by atoms with Crippen molar-refractivity contribution in [1.29, 1.82) is 0 Å². The average molecular weight is 200 g/mol. The van der Waals surface area contributed by atoms with Crippen molar-refractivity contribution in [3.8, 4) is 0 Å². The van der Waals surface area contributed by atoms with Crippen LogP contribution in [0.3, 0.4) is 0 Å². The summed E-state index contributed by atoms with van der Waals surface area (Å²) in [5.41, 5.74) is 0.803. The van der Waals surface area contributed by atoms with Gasteiger partial charge in [0.05, 0.1) is 0 Å². The summed E-state index contributed by atoms with van der Waals surface area (Å²) in [7, 11) is 0. The van der Waals surface area contributed by atoms with E-state index >= 15 is 0 Å². The lowest BCUT2D eigenvalue weighted by molar-refractivity contribution is -0.144. The minimum Gasteiger partial charge on any atom is -0.294 e. The molecular weight excluding hydrogens is 186 g/mol. The highest BCUT2D eigenvalue weighted by Crippen LogP contribution is 2.44. The first-order valence-electron chi connectivity index (χ1n) is 5.19. The normalized spacial score (nSPS) is 26.6. The van der Waals surface area contributed by atoms with Crippen LogP contribution in [0, 0.1) is 5.92 Å². The van der Waals surface area contributed by atoms with Crippen molar-refractivity contribution in [3.63, 3.8) is 0 Å². The van der Waals surface area contributed by atoms with Gasteiger partial charge in [-0.3, -0.25) is 4.79 Å². The van der Waals surface area contributed by atoms with Crippen molar-refractivity contribution in [3.05, 3.63) is 11.6 Å². The molecule has 0 bridgehead atoms. The van der Waals surface area contributed by atoms with Crippen molar-refractivity contribution in [2.75, 3.05) is 0 Å². The van der Waals surface area contributed by atoms with Crippen LogP contribution >= 0.6 is 0 Å². The van der Waals surface area contributed by atoms with Crippen LogP contribution in [0.2, 0.25) is 0 Å². The van der Waals surface area contributed by atoms with Crippen LogP contribution in [0.5, 0.6) is 0 Å². The molecule has 0 saturated heterocycles. The second-order valence-electron chi connectivity index (χ2n) is 4.30. The summed E-state index contributed by atoms with van der Waals surface area (Å²) >= 11 is 0. The number of Topliss-reactive ketones (excluding diaryl/α,β-unsaturated/α-hetero) is 1. The van der Waals surface area contributed by atoms with Gasteiger partial charge in [0.15, 0.2) is 5.78 Å². The molecule has 0 radical (unpaired) electrons. The van der Waals surface area contributed by atoms with Crippen LogP contribution in [-0.4, -0.2) is 11.7 Å². The molecule has 1 fully saturated rings. The van der Waals surface area contributed by atoms with E-state index in [1.807, 2.05) is 6.08 Å². The molecule has 0 heterocycles. The largest absolute Gasteiger partial charge is 0.294 e. The van der Waals surface area contributed by atoms with Crippen LogP contribution in [0.1, 0.15) is 38.5 Å². The number of ketones is 1. The van der Waals surface area contributed by atoms with E-state index in [4.69, 9.17) is 0 Å². The van der Waals surface area contributed by atoms with E-state index in [9.17, 15) is 13.6 Å². The van der Waals surface area contributed by atoms with Gasteiger partial charge in [-0.1, -0.05) is 6.08 Å². The molecule has 0 N–H and O–H groups in total. The monoisotopic (exact) mass is 200 g/mol. The minimum atomic E-state index is -2.57. The molecule has 0 unspecified atom stereocenters. The van der Waals surface area contributed by atoms with Gasteiger partial charge in [-0.25, -0.2) is 8.78 Å². The number of carbonyl (C=O) groups is 1. The van der Waals surface area contributed by atoms with E-state index in [-0.39, 0.29) is 18.6 Å². The standard InChI is InChI=1S/C11H14F2O/c12-11(13)6-9(7-11)10(14)8-4-2-1-3-5-8/h4,9H,1-3,5-7H2. The molecule has 0 aromatic carbocycles. The van der Waals surface area contributed by atoms with Gasteiger partial charge in [0.1, 0.15) is 0 Å². The molecule has 2 rings (SSSR count). The number of halogens is 2. The zero-order chi connectivity index (χ0) is 10.2. The summed E-state index contributed by atoms with van der Waals surface area (Å²) in [6, 6.07) is 0. The van der Waals surface area contributed by atoms with Crippen molar-refractivity contribution in [2.24, 2.45) is 5.92 Å². The summed E-state index contributed by atoms with van der Waals surface area (Å²) in [5, 5.41) is 0. The first-order valence-corrected chi connectivity index (χ1v) is 5.19. The Labute approximate surface area is 82.2 Å². The fourth-order valence-corrected chi connectivity index (χ4v) is 2.17. The number of allylic oxidation sites excluding steroid dienone is 2. The molecule has 0 amide bonds. The Balaban J connectivity index is 1.93. The fraction of sp³-hybridized carbons (Fsp3) is 0.727. The van der Waals surface area contributed by atoms with E-state index in [1.54, 1.807) is 0 Å². The van der Waals surface area contributed by atoms with Crippen molar-refractivity contribution < 1.29 is 13.6 Å². The lowest BCUT2D eigenvalue weighted by Crippen LogP contribution is -2.40. The number of carbonyl (C=O) groups excluding carboxylic acids is 1. The molecule has 0 aromatic rings. The average Bonchev–Trinajstić information content (AvgIpc) is 2.14. The van der Waals surface area contributed by atoms with Crippen molar-refractivity contribution in [2.45, 2.75) is 44.4 Å². The fourth-order valence-electron chi connectivity index (χ4n) is 2.17. The van der Waals surface area contributed by atoms with Crippen LogP contribution in [-0.2, 0) is 4.79 Å². The number of alkyl halides is 2. The van der Waals surface area contributed by atoms with Gasteiger partial charge in [-0.15, -0.1) is 0 Å². The molecule has 2 aliphatic rings. The Morgan fingerprint density at radius 3 is 2.57 bits per heavy atom. The third kappa shape index (κ3) is 1.86. The molecule has 78 valence electrons. The SMILES string of the molecule is O=C(C1=CCCCC1)C1CC(F)(F)C1. The quantitative estimate of drug-likeness (QED) is 0.669. The second-order valence-corrected chi connectivity index (χ2v) is 4.30. The van der Waals surface area contributed by atoms with E-state index in [1.165, 1.54) is 0 Å². The topological polar surface area (TPSA) is 17.1 Å². The van der Waals surface area contributed by atoms with Gasteiger partial charge in [-0.05, 0) is 31.3 Å². The molecule has 14 heavy (non-hydrogen) atoms. The van der Waals surface area contributed by atoms with E-state index in [2.05, 4.69) is 0 Å². The first kappa shape index (κ1) is 9.81. The zero-order valence-electron chi connectivity index (χ0n) is 8.06. The third-order valence-corrected chi connectivity index (χ3v) is 3.07. The highest BCUT2D eigenvalue weighted by atomic mass is 19.3. The van der Waals surface area contributed by atoms with Crippen molar-refractivity contribution >= 4 is 5.78 Å². The summed E-state index contributed by atoms with van der Waals surface area (Å²) in [6.07, 6.45) is 5.35. The summed E-state index contributed by atoms with van der Waals surface area (Å²) in [6.45, 7) is 0. The van der Waals surface area contributed by atoms with Crippen LogP contribution < -0.4 is 0 Å². The smallest absolute Gasteiger partial charge is 0.249 e. The zero-order valence-corrected chi connectivity index (χ0v) is 8.06. The van der Waals surface area contributed by atoms with Gasteiger partial charge >= 0.3 is 0 Å². The number of hydrogen-bond acceptors (Lipinski definition) is 1. The molecule has 1 nitrogen and oxygen atoms in total. The lowest BCUT2D eigenvalue weighted by atomic mass is 9.75. The molecule has 0 atom stereocenters. The molecule has 0 aromatic heterocycles. The molecule has 0 spiro atoms. The van der Waals surface area contributed by atoms with E-state index in [0.29, 0.717) is 0 Å². The molecule has 1 saturated carbocycles. The van der Waals surface area contributed by atoms with E-state index in [0.717, 1.165) is 31.3 Å². The predicted molar refractivity (Wildman–Crippen MR) is 49.2 cm³/mol.